The number of rotatable bonds is 2. The van der Waals surface area contributed by atoms with Gasteiger partial charge in [0, 0.05) is 5.69 Å². The van der Waals surface area contributed by atoms with Crippen LogP contribution in [0, 0.1) is 0 Å². The average molecular weight is 253 g/mol. The van der Waals surface area contributed by atoms with E-state index in [1.807, 2.05) is 0 Å². The van der Waals surface area contributed by atoms with Crippen molar-refractivity contribution in [2.75, 3.05) is 5.73 Å². The predicted molar refractivity (Wildman–Crippen MR) is 47.2 cm³/mol. The summed E-state index contributed by atoms with van der Waals surface area (Å²) in [5.74, 6) is 0. The summed E-state index contributed by atoms with van der Waals surface area (Å²) in [6, 6.07) is 1.28. The van der Waals surface area contributed by atoms with Gasteiger partial charge in [-0.25, -0.2) is 13.8 Å². The summed E-state index contributed by atoms with van der Waals surface area (Å²) in [7, 11) is 0. The number of nitrogens with zero attached hydrogens (tertiary/aromatic N) is 1. The lowest BCUT2D eigenvalue weighted by atomic mass is 10.1. The van der Waals surface area contributed by atoms with Crippen molar-refractivity contribution < 1.29 is 13.9 Å². The van der Waals surface area contributed by atoms with E-state index in [1.165, 1.54) is 6.07 Å². The number of aliphatic hydroxyl groups is 1. The number of hydrogen-bond donors (Lipinski definition) is 2. The van der Waals surface area contributed by atoms with Crippen LogP contribution in [-0.4, -0.2) is 10.1 Å². The second kappa shape index (κ2) is 3.97. The van der Waals surface area contributed by atoms with Crippen LogP contribution in [0.25, 0.3) is 0 Å². The SMILES string of the molecule is Nc1cc(Br)nc(CO)c1C(F)F. The second-order valence-electron chi connectivity index (χ2n) is 2.35. The van der Waals surface area contributed by atoms with Crippen molar-refractivity contribution >= 4 is 21.6 Å². The van der Waals surface area contributed by atoms with Gasteiger partial charge in [-0.15, -0.1) is 0 Å². The van der Waals surface area contributed by atoms with Crippen molar-refractivity contribution in [3.63, 3.8) is 0 Å². The topological polar surface area (TPSA) is 59.1 Å². The highest BCUT2D eigenvalue weighted by Crippen LogP contribution is 2.29. The minimum Gasteiger partial charge on any atom is -0.398 e. The van der Waals surface area contributed by atoms with Gasteiger partial charge >= 0.3 is 0 Å². The van der Waals surface area contributed by atoms with Gasteiger partial charge in [0.05, 0.1) is 17.9 Å². The third-order valence-electron chi connectivity index (χ3n) is 1.51. The summed E-state index contributed by atoms with van der Waals surface area (Å²) in [6.07, 6.45) is -2.72. The first-order chi connectivity index (χ1) is 6.06. The molecule has 0 aliphatic carbocycles. The number of aromatic nitrogens is 1. The Morgan fingerprint density at radius 3 is 2.69 bits per heavy atom. The van der Waals surface area contributed by atoms with Crippen molar-refractivity contribution in [3.05, 3.63) is 21.9 Å². The van der Waals surface area contributed by atoms with Gasteiger partial charge < -0.3 is 10.8 Å². The maximum Gasteiger partial charge on any atom is 0.267 e. The quantitative estimate of drug-likeness (QED) is 0.791. The number of aliphatic hydroxyl groups excluding tert-OH is 1. The molecule has 0 fully saturated rings. The van der Waals surface area contributed by atoms with Crippen LogP contribution in [0.2, 0.25) is 0 Å². The number of anilines is 1. The zero-order valence-electron chi connectivity index (χ0n) is 6.47. The van der Waals surface area contributed by atoms with Gasteiger partial charge in [0.15, 0.2) is 0 Å². The Morgan fingerprint density at radius 2 is 2.23 bits per heavy atom. The van der Waals surface area contributed by atoms with Crippen molar-refractivity contribution in [1.29, 1.82) is 0 Å². The summed E-state index contributed by atoms with van der Waals surface area (Å²) in [5, 5.41) is 8.74. The summed E-state index contributed by atoms with van der Waals surface area (Å²) in [4.78, 5) is 3.68. The minimum atomic E-state index is -2.72. The Bertz CT molecular complexity index is 320. The molecule has 6 heteroatoms. The molecule has 0 aliphatic rings. The number of halogens is 3. The summed E-state index contributed by atoms with van der Waals surface area (Å²) in [6.45, 7) is -0.552. The number of nitrogen functional groups attached to an aromatic ring is 1. The van der Waals surface area contributed by atoms with E-state index in [0.717, 1.165) is 0 Å². The molecule has 0 bridgehead atoms. The van der Waals surface area contributed by atoms with Gasteiger partial charge in [-0.2, -0.15) is 0 Å². The fourth-order valence-electron chi connectivity index (χ4n) is 0.967. The van der Waals surface area contributed by atoms with Crippen molar-refractivity contribution in [3.8, 4) is 0 Å². The van der Waals surface area contributed by atoms with Crippen LogP contribution >= 0.6 is 15.9 Å². The fraction of sp³-hybridized carbons (Fsp3) is 0.286. The van der Waals surface area contributed by atoms with Crippen LogP contribution in [0.1, 0.15) is 17.7 Å². The first kappa shape index (κ1) is 10.3. The molecule has 1 rings (SSSR count). The van der Waals surface area contributed by atoms with Crippen LogP contribution < -0.4 is 5.73 Å². The van der Waals surface area contributed by atoms with Crippen LogP contribution in [0.4, 0.5) is 14.5 Å². The highest BCUT2D eigenvalue weighted by atomic mass is 79.9. The smallest absolute Gasteiger partial charge is 0.267 e. The standard InChI is InChI=1S/C7H7BrF2N2O/c8-5-1-3(11)6(7(9)10)4(2-13)12-5/h1,7,13H,2H2,(H2,11,12). The van der Waals surface area contributed by atoms with Crippen LogP contribution in [-0.2, 0) is 6.61 Å². The van der Waals surface area contributed by atoms with E-state index >= 15 is 0 Å². The molecule has 0 unspecified atom stereocenters. The molecule has 72 valence electrons. The molecule has 0 aliphatic heterocycles. The summed E-state index contributed by atoms with van der Waals surface area (Å²) < 4.78 is 25.1. The van der Waals surface area contributed by atoms with Crippen molar-refractivity contribution in [2.24, 2.45) is 0 Å². The van der Waals surface area contributed by atoms with E-state index < -0.39 is 18.6 Å². The molecule has 0 spiro atoms. The van der Waals surface area contributed by atoms with Gasteiger partial charge in [0.1, 0.15) is 4.60 Å². The van der Waals surface area contributed by atoms with E-state index in [1.54, 1.807) is 0 Å². The molecule has 0 saturated heterocycles. The molecule has 0 atom stereocenters. The van der Waals surface area contributed by atoms with Gasteiger partial charge in [0.25, 0.3) is 6.43 Å². The number of pyridine rings is 1. The first-order valence-corrected chi connectivity index (χ1v) is 4.19. The van der Waals surface area contributed by atoms with E-state index in [9.17, 15) is 8.78 Å². The molecule has 1 heterocycles. The maximum atomic E-state index is 12.4. The normalized spacial score (nSPS) is 10.8. The average Bonchev–Trinajstić information content (AvgIpc) is 2.01. The Hall–Kier alpha value is -0.750. The number of alkyl halides is 2. The highest BCUT2D eigenvalue weighted by molar-refractivity contribution is 9.10. The third-order valence-corrected chi connectivity index (χ3v) is 1.91. The zero-order valence-corrected chi connectivity index (χ0v) is 8.05. The minimum absolute atomic E-state index is 0.0686. The Kier molecular flexibility index (Phi) is 3.16. The van der Waals surface area contributed by atoms with Gasteiger partial charge in [-0.3, -0.25) is 0 Å². The van der Waals surface area contributed by atoms with Crippen LogP contribution in [0.3, 0.4) is 0 Å². The molecule has 0 saturated carbocycles. The molecular formula is C7H7BrF2N2O. The van der Waals surface area contributed by atoms with Gasteiger partial charge in [0.2, 0.25) is 0 Å². The Labute approximate surface area is 81.7 Å². The van der Waals surface area contributed by atoms with Crippen molar-refractivity contribution in [1.82, 2.24) is 4.98 Å². The largest absolute Gasteiger partial charge is 0.398 e. The monoisotopic (exact) mass is 252 g/mol. The highest BCUT2D eigenvalue weighted by Gasteiger charge is 2.17. The zero-order chi connectivity index (χ0) is 10.0. The van der Waals surface area contributed by atoms with Gasteiger partial charge in [-0.05, 0) is 22.0 Å². The molecule has 1 aromatic rings. The molecular weight excluding hydrogens is 246 g/mol. The lowest BCUT2D eigenvalue weighted by Crippen LogP contribution is -2.04. The van der Waals surface area contributed by atoms with E-state index in [2.05, 4.69) is 20.9 Å². The lowest BCUT2D eigenvalue weighted by molar-refractivity contribution is 0.147. The number of hydrogen-bond acceptors (Lipinski definition) is 3. The van der Waals surface area contributed by atoms with E-state index in [-0.39, 0.29) is 11.4 Å². The lowest BCUT2D eigenvalue weighted by Gasteiger charge is -2.09. The Balaban J connectivity index is 3.30. The fourth-order valence-corrected chi connectivity index (χ4v) is 1.43. The molecule has 3 nitrogen and oxygen atoms in total. The molecule has 13 heavy (non-hydrogen) atoms. The third kappa shape index (κ3) is 2.13. The van der Waals surface area contributed by atoms with Crippen molar-refractivity contribution in [2.45, 2.75) is 13.0 Å². The first-order valence-electron chi connectivity index (χ1n) is 3.40. The second-order valence-corrected chi connectivity index (χ2v) is 3.17. The van der Waals surface area contributed by atoms with E-state index in [0.29, 0.717) is 4.60 Å². The molecule has 0 aromatic carbocycles. The maximum absolute atomic E-state index is 12.4. The summed E-state index contributed by atoms with van der Waals surface area (Å²) in [5.41, 5.74) is 4.78. The Morgan fingerprint density at radius 1 is 1.62 bits per heavy atom. The summed E-state index contributed by atoms with van der Waals surface area (Å²) >= 11 is 2.99. The van der Waals surface area contributed by atoms with Crippen LogP contribution in [0.15, 0.2) is 10.7 Å². The molecule has 0 amide bonds. The van der Waals surface area contributed by atoms with E-state index in [4.69, 9.17) is 10.8 Å². The molecule has 0 radical (unpaired) electrons. The van der Waals surface area contributed by atoms with Crippen LogP contribution in [0.5, 0.6) is 0 Å². The molecule has 3 N–H and O–H groups in total. The predicted octanol–water partition coefficient (Wildman–Crippen LogP) is 1.86. The number of nitrogens with two attached hydrogens (primary N) is 1. The van der Waals surface area contributed by atoms with Gasteiger partial charge in [-0.1, -0.05) is 0 Å². The molecule has 1 aromatic heterocycles.